The molecular formula is C17H23FN4S. The van der Waals surface area contributed by atoms with Gasteiger partial charge in [-0.3, -0.25) is 4.90 Å². The summed E-state index contributed by atoms with van der Waals surface area (Å²) in [7, 11) is 2.17. The highest BCUT2D eigenvalue weighted by Gasteiger charge is 2.19. The van der Waals surface area contributed by atoms with E-state index in [1.165, 1.54) is 12.1 Å². The summed E-state index contributed by atoms with van der Waals surface area (Å²) in [5.41, 5.74) is 1.84. The number of piperazine rings is 1. The van der Waals surface area contributed by atoms with Crippen molar-refractivity contribution in [1.82, 2.24) is 14.8 Å². The first kappa shape index (κ1) is 16.4. The van der Waals surface area contributed by atoms with Gasteiger partial charge in [-0.2, -0.15) is 0 Å². The fraction of sp³-hybridized carbons (Fsp3) is 0.471. The van der Waals surface area contributed by atoms with E-state index in [2.05, 4.69) is 34.1 Å². The summed E-state index contributed by atoms with van der Waals surface area (Å²) in [4.78, 5) is 9.48. The molecule has 1 aliphatic heterocycles. The van der Waals surface area contributed by atoms with Gasteiger partial charge >= 0.3 is 0 Å². The number of halogens is 1. The van der Waals surface area contributed by atoms with Crippen molar-refractivity contribution >= 4 is 16.5 Å². The SMILES string of the molecule is CC(CNc1nc(-c2ccc(F)cc2)cs1)N1CCN(C)CC1. The summed E-state index contributed by atoms with van der Waals surface area (Å²) in [5.74, 6) is -0.219. The van der Waals surface area contributed by atoms with Crippen molar-refractivity contribution < 1.29 is 4.39 Å². The number of nitrogens with zero attached hydrogens (tertiary/aromatic N) is 3. The monoisotopic (exact) mass is 334 g/mol. The fourth-order valence-electron chi connectivity index (χ4n) is 2.73. The van der Waals surface area contributed by atoms with E-state index in [1.54, 1.807) is 23.5 Å². The Labute approximate surface area is 140 Å². The van der Waals surface area contributed by atoms with Crippen molar-refractivity contribution in [2.45, 2.75) is 13.0 Å². The van der Waals surface area contributed by atoms with Crippen LogP contribution in [-0.2, 0) is 0 Å². The zero-order chi connectivity index (χ0) is 16.2. The maximum atomic E-state index is 13.0. The Balaban J connectivity index is 1.54. The Morgan fingerprint density at radius 3 is 2.61 bits per heavy atom. The van der Waals surface area contributed by atoms with E-state index in [9.17, 15) is 4.39 Å². The zero-order valence-corrected chi connectivity index (χ0v) is 14.4. The molecule has 1 atom stereocenters. The smallest absolute Gasteiger partial charge is 0.183 e. The molecule has 1 N–H and O–H groups in total. The number of hydrogen-bond donors (Lipinski definition) is 1. The minimum atomic E-state index is -0.219. The van der Waals surface area contributed by atoms with Gasteiger partial charge in [0.2, 0.25) is 0 Å². The number of hydrogen-bond acceptors (Lipinski definition) is 5. The Kier molecular flexibility index (Phi) is 5.25. The maximum absolute atomic E-state index is 13.0. The predicted molar refractivity (Wildman–Crippen MR) is 94.5 cm³/mol. The van der Waals surface area contributed by atoms with Gasteiger partial charge in [0.15, 0.2) is 5.13 Å². The lowest BCUT2D eigenvalue weighted by molar-refractivity contribution is 0.123. The molecule has 1 aromatic heterocycles. The highest BCUT2D eigenvalue weighted by molar-refractivity contribution is 7.14. The predicted octanol–water partition coefficient (Wildman–Crippen LogP) is 3.00. The average Bonchev–Trinajstić information content (AvgIpc) is 3.03. The molecule has 0 radical (unpaired) electrons. The van der Waals surface area contributed by atoms with Gasteiger partial charge in [0, 0.05) is 49.7 Å². The second-order valence-electron chi connectivity index (χ2n) is 6.11. The first-order chi connectivity index (χ1) is 11.1. The molecule has 4 nitrogen and oxygen atoms in total. The fourth-order valence-corrected chi connectivity index (χ4v) is 3.46. The van der Waals surface area contributed by atoms with E-state index in [0.717, 1.165) is 49.1 Å². The average molecular weight is 334 g/mol. The highest BCUT2D eigenvalue weighted by Crippen LogP contribution is 2.25. The van der Waals surface area contributed by atoms with E-state index in [4.69, 9.17) is 0 Å². The van der Waals surface area contributed by atoms with Crippen molar-refractivity contribution in [3.05, 3.63) is 35.5 Å². The summed E-state index contributed by atoms with van der Waals surface area (Å²) >= 11 is 1.59. The van der Waals surface area contributed by atoms with Crippen LogP contribution in [0, 0.1) is 5.82 Å². The lowest BCUT2D eigenvalue weighted by Crippen LogP contribution is -2.49. The number of anilines is 1. The molecule has 1 aliphatic rings. The molecule has 0 amide bonds. The molecule has 23 heavy (non-hydrogen) atoms. The third-order valence-electron chi connectivity index (χ3n) is 4.35. The summed E-state index contributed by atoms with van der Waals surface area (Å²) in [6.07, 6.45) is 0. The quantitative estimate of drug-likeness (QED) is 0.911. The Bertz CT molecular complexity index is 620. The van der Waals surface area contributed by atoms with Crippen LogP contribution in [0.1, 0.15) is 6.92 Å². The van der Waals surface area contributed by atoms with Gasteiger partial charge in [-0.05, 0) is 38.2 Å². The van der Waals surface area contributed by atoms with Crippen molar-refractivity contribution in [2.75, 3.05) is 45.1 Å². The van der Waals surface area contributed by atoms with Crippen molar-refractivity contribution in [2.24, 2.45) is 0 Å². The summed E-state index contributed by atoms with van der Waals surface area (Å²) in [6.45, 7) is 7.66. The van der Waals surface area contributed by atoms with Crippen LogP contribution in [0.15, 0.2) is 29.6 Å². The van der Waals surface area contributed by atoms with Crippen LogP contribution >= 0.6 is 11.3 Å². The number of aromatic nitrogens is 1. The van der Waals surface area contributed by atoms with E-state index in [0.29, 0.717) is 6.04 Å². The van der Waals surface area contributed by atoms with Gasteiger partial charge < -0.3 is 10.2 Å². The molecule has 3 rings (SSSR count). The van der Waals surface area contributed by atoms with Crippen molar-refractivity contribution in [3.63, 3.8) is 0 Å². The number of nitrogens with one attached hydrogen (secondary N) is 1. The molecule has 2 aromatic rings. The Hall–Kier alpha value is -1.50. The van der Waals surface area contributed by atoms with Gasteiger partial charge in [0.25, 0.3) is 0 Å². The van der Waals surface area contributed by atoms with Crippen LogP contribution in [0.25, 0.3) is 11.3 Å². The highest BCUT2D eigenvalue weighted by atomic mass is 32.1. The van der Waals surface area contributed by atoms with E-state index in [1.807, 2.05) is 5.38 Å². The van der Waals surface area contributed by atoms with Gasteiger partial charge in [-0.25, -0.2) is 9.37 Å². The van der Waals surface area contributed by atoms with Gasteiger partial charge in [0.1, 0.15) is 5.82 Å². The normalized spacial score (nSPS) is 18.0. The molecule has 124 valence electrons. The van der Waals surface area contributed by atoms with Crippen LogP contribution in [0.2, 0.25) is 0 Å². The second-order valence-corrected chi connectivity index (χ2v) is 6.97. The van der Waals surface area contributed by atoms with Crippen molar-refractivity contribution in [1.29, 1.82) is 0 Å². The second kappa shape index (κ2) is 7.38. The third kappa shape index (κ3) is 4.28. The van der Waals surface area contributed by atoms with Crippen LogP contribution in [-0.4, -0.2) is 60.6 Å². The first-order valence-electron chi connectivity index (χ1n) is 8.00. The standard InChI is InChI=1S/C17H23FN4S/c1-13(22-9-7-21(2)8-10-22)11-19-17-20-16(12-23-17)14-3-5-15(18)6-4-14/h3-6,12-13H,7-11H2,1-2H3,(H,19,20). The summed E-state index contributed by atoms with van der Waals surface area (Å²) < 4.78 is 13.0. The maximum Gasteiger partial charge on any atom is 0.183 e. The van der Waals surface area contributed by atoms with Crippen LogP contribution in [0.5, 0.6) is 0 Å². The topological polar surface area (TPSA) is 31.4 Å². The molecule has 6 heteroatoms. The van der Waals surface area contributed by atoms with Crippen LogP contribution in [0.3, 0.4) is 0 Å². The molecule has 0 spiro atoms. The van der Waals surface area contributed by atoms with E-state index < -0.39 is 0 Å². The molecule has 0 aliphatic carbocycles. The Morgan fingerprint density at radius 1 is 1.22 bits per heavy atom. The molecule has 1 saturated heterocycles. The molecule has 1 fully saturated rings. The summed E-state index contributed by atoms with van der Waals surface area (Å²) in [5, 5.41) is 6.36. The number of likely N-dealkylation sites (N-methyl/N-ethyl adjacent to an activating group) is 1. The molecule has 0 bridgehead atoms. The van der Waals surface area contributed by atoms with Gasteiger partial charge in [0.05, 0.1) is 5.69 Å². The molecule has 0 saturated carbocycles. The molecule has 2 heterocycles. The van der Waals surface area contributed by atoms with Crippen molar-refractivity contribution in [3.8, 4) is 11.3 Å². The third-order valence-corrected chi connectivity index (χ3v) is 5.15. The molecule has 1 aromatic carbocycles. The Morgan fingerprint density at radius 2 is 1.91 bits per heavy atom. The minimum Gasteiger partial charge on any atom is -0.360 e. The van der Waals surface area contributed by atoms with E-state index >= 15 is 0 Å². The van der Waals surface area contributed by atoms with Crippen LogP contribution in [0.4, 0.5) is 9.52 Å². The molecular weight excluding hydrogens is 311 g/mol. The first-order valence-corrected chi connectivity index (χ1v) is 8.88. The van der Waals surface area contributed by atoms with Crippen LogP contribution < -0.4 is 5.32 Å². The number of benzene rings is 1. The lowest BCUT2D eigenvalue weighted by Gasteiger charge is -2.36. The van der Waals surface area contributed by atoms with Gasteiger partial charge in [-0.1, -0.05) is 0 Å². The van der Waals surface area contributed by atoms with Gasteiger partial charge in [-0.15, -0.1) is 11.3 Å². The summed E-state index contributed by atoms with van der Waals surface area (Å²) in [6, 6.07) is 6.96. The number of thiazole rings is 1. The van der Waals surface area contributed by atoms with E-state index in [-0.39, 0.29) is 5.82 Å². The zero-order valence-electron chi connectivity index (χ0n) is 13.6. The lowest BCUT2D eigenvalue weighted by atomic mass is 10.2. The number of rotatable bonds is 5. The molecule has 1 unspecified atom stereocenters. The minimum absolute atomic E-state index is 0.219. The largest absolute Gasteiger partial charge is 0.360 e.